The summed E-state index contributed by atoms with van der Waals surface area (Å²) < 4.78 is 5.73. The van der Waals surface area contributed by atoms with Crippen LogP contribution < -0.4 is 14.5 Å². The fourth-order valence-corrected chi connectivity index (χ4v) is 4.87. The number of hydrogen-bond donors (Lipinski definition) is 1. The van der Waals surface area contributed by atoms with Crippen LogP contribution in [0.3, 0.4) is 0 Å². The van der Waals surface area contributed by atoms with Gasteiger partial charge >= 0.3 is 5.97 Å². The molecule has 4 rings (SSSR count). The van der Waals surface area contributed by atoms with Crippen molar-refractivity contribution in [3.05, 3.63) is 90.0 Å². The van der Waals surface area contributed by atoms with E-state index < -0.39 is 11.4 Å². The third-order valence-electron chi connectivity index (χ3n) is 7.14. The Balaban J connectivity index is 1.56. The molecule has 1 N–H and O–H groups in total. The van der Waals surface area contributed by atoms with Gasteiger partial charge in [0.1, 0.15) is 5.75 Å². The van der Waals surface area contributed by atoms with E-state index in [2.05, 4.69) is 0 Å². The fourth-order valence-electron chi connectivity index (χ4n) is 4.87. The first-order chi connectivity index (χ1) is 18.1. The third kappa shape index (κ3) is 5.57. The van der Waals surface area contributed by atoms with Gasteiger partial charge in [0, 0.05) is 29.9 Å². The Bertz CT molecular complexity index is 1300. The van der Waals surface area contributed by atoms with Crippen molar-refractivity contribution in [2.45, 2.75) is 52.6 Å². The molecule has 2 atom stereocenters. The molecule has 3 aromatic carbocycles. The molecule has 0 spiro atoms. The minimum atomic E-state index is -0.871. The molecule has 0 radical (unpaired) electrons. The summed E-state index contributed by atoms with van der Waals surface area (Å²) in [7, 11) is 0. The van der Waals surface area contributed by atoms with Gasteiger partial charge in [-0.3, -0.25) is 14.4 Å². The number of carbonyl (C=O) groups excluding carboxylic acids is 2. The molecule has 198 valence electrons. The van der Waals surface area contributed by atoms with Crippen molar-refractivity contribution >= 4 is 29.2 Å². The second kappa shape index (κ2) is 11.1. The van der Waals surface area contributed by atoms with Gasteiger partial charge in [0.25, 0.3) is 5.91 Å². The van der Waals surface area contributed by atoms with Gasteiger partial charge in [-0.1, -0.05) is 36.4 Å². The predicted octanol–water partition coefficient (Wildman–Crippen LogP) is 6.10. The summed E-state index contributed by atoms with van der Waals surface area (Å²) >= 11 is 0. The summed E-state index contributed by atoms with van der Waals surface area (Å²) in [4.78, 5) is 41.4. The number of aliphatic carboxylic acids is 1. The molecule has 0 saturated heterocycles. The highest BCUT2D eigenvalue weighted by molar-refractivity contribution is 6.07. The summed E-state index contributed by atoms with van der Waals surface area (Å²) in [6.45, 7) is 7.17. The molecule has 0 bridgehead atoms. The van der Waals surface area contributed by atoms with Crippen LogP contribution in [0.1, 0.15) is 62.5 Å². The standard InChI is InChI=1S/C31H34N2O5/c1-21-20-28(33(22(2)34)24-10-6-5-7-11-24)26-12-8-9-13-27(26)32(21)29(35)23-14-16-25(17-15-23)38-19-18-31(3,4)30(36)37/h5-17,21,28H,18-20H2,1-4H3,(H,36,37)/t21-,28+/m0/s1. The summed E-state index contributed by atoms with van der Waals surface area (Å²) in [5.74, 6) is -0.466. The Labute approximate surface area is 223 Å². The van der Waals surface area contributed by atoms with Crippen LogP contribution >= 0.6 is 0 Å². The molecule has 0 fully saturated rings. The number of hydrogen-bond acceptors (Lipinski definition) is 4. The average Bonchev–Trinajstić information content (AvgIpc) is 2.89. The normalized spacial score (nSPS) is 16.9. The van der Waals surface area contributed by atoms with Gasteiger partial charge in [-0.2, -0.15) is 0 Å². The molecular formula is C31H34N2O5. The SMILES string of the molecule is CC(=O)N(c1ccccc1)[C@@H]1C[C@H](C)N(C(=O)c2ccc(OCCC(C)(C)C(=O)O)cc2)c2ccccc21. The quantitative estimate of drug-likeness (QED) is 0.393. The molecule has 0 unspecified atom stereocenters. The number of ether oxygens (including phenoxy) is 1. The molecule has 7 heteroatoms. The van der Waals surface area contributed by atoms with Crippen molar-refractivity contribution in [3.8, 4) is 5.75 Å². The first-order valence-corrected chi connectivity index (χ1v) is 12.8. The van der Waals surface area contributed by atoms with E-state index in [0.717, 1.165) is 16.9 Å². The van der Waals surface area contributed by atoms with Gasteiger partial charge in [0.15, 0.2) is 0 Å². The van der Waals surface area contributed by atoms with Crippen molar-refractivity contribution in [3.63, 3.8) is 0 Å². The van der Waals surface area contributed by atoms with E-state index >= 15 is 0 Å². The molecular weight excluding hydrogens is 480 g/mol. The Morgan fingerprint density at radius 3 is 2.24 bits per heavy atom. The lowest BCUT2D eigenvalue weighted by atomic mass is 9.89. The minimum Gasteiger partial charge on any atom is -0.494 e. The summed E-state index contributed by atoms with van der Waals surface area (Å²) in [5, 5.41) is 9.27. The van der Waals surface area contributed by atoms with Crippen LogP contribution in [0.4, 0.5) is 11.4 Å². The van der Waals surface area contributed by atoms with Gasteiger partial charge in [-0.15, -0.1) is 0 Å². The number of anilines is 2. The van der Waals surface area contributed by atoms with Gasteiger partial charge < -0.3 is 19.6 Å². The maximum absolute atomic E-state index is 13.7. The van der Waals surface area contributed by atoms with Crippen molar-refractivity contribution in [2.75, 3.05) is 16.4 Å². The van der Waals surface area contributed by atoms with E-state index in [4.69, 9.17) is 4.74 Å². The van der Waals surface area contributed by atoms with Gasteiger partial charge in [-0.05, 0) is 81.6 Å². The van der Waals surface area contributed by atoms with Gasteiger partial charge in [-0.25, -0.2) is 0 Å². The molecule has 1 aliphatic heterocycles. The number of carboxylic acid groups (broad SMARTS) is 1. The smallest absolute Gasteiger partial charge is 0.309 e. The maximum Gasteiger partial charge on any atom is 0.309 e. The molecule has 0 aliphatic carbocycles. The molecule has 7 nitrogen and oxygen atoms in total. The van der Waals surface area contributed by atoms with E-state index in [-0.39, 0.29) is 30.5 Å². The third-order valence-corrected chi connectivity index (χ3v) is 7.14. The Morgan fingerprint density at radius 1 is 0.974 bits per heavy atom. The molecule has 3 aromatic rings. The molecule has 2 amide bonds. The highest BCUT2D eigenvalue weighted by atomic mass is 16.5. The topological polar surface area (TPSA) is 87.2 Å². The summed E-state index contributed by atoms with van der Waals surface area (Å²) in [6.07, 6.45) is 0.963. The zero-order valence-electron chi connectivity index (χ0n) is 22.3. The number of benzene rings is 3. The maximum atomic E-state index is 13.7. The predicted molar refractivity (Wildman–Crippen MR) is 148 cm³/mol. The lowest BCUT2D eigenvalue weighted by Gasteiger charge is -2.43. The molecule has 1 aliphatic rings. The van der Waals surface area contributed by atoms with Crippen LogP contribution in [0.15, 0.2) is 78.9 Å². The van der Waals surface area contributed by atoms with E-state index in [9.17, 15) is 19.5 Å². The van der Waals surface area contributed by atoms with Crippen LogP contribution in [0.2, 0.25) is 0 Å². The molecule has 0 saturated carbocycles. The van der Waals surface area contributed by atoms with Gasteiger partial charge in [0.05, 0.1) is 18.1 Å². The van der Waals surface area contributed by atoms with Gasteiger partial charge in [0.2, 0.25) is 5.91 Å². The second-order valence-corrected chi connectivity index (χ2v) is 10.4. The Morgan fingerprint density at radius 2 is 1.61 bits per heavy atom. The number of fused-ring (bicyclic) bond motifs is 1. The lowest BCUT2D eigenvalue weighted by molar-refractivity contribution is -0.147. The second-order valence-electron chi connectivity index (χ2n) is 10.4. The monoisotopic (exact) mass is 514 g/mol. The van der Waals surface area contributed by atoms with Crippen LogP contribution in [0.5, 0.6) is 5.75 Å². The minimum absolute atomic E-state index is 0.0506. The molecule has 0 aromatic heterocycles. The number of carbonyl (C=O) groups is 3. The number of nitrogens with zero attached hydrogens (tertiary/aromatic N) is 2. The van der Waals surface area contributed by atoms with Crippen molar-refractivity contribution in [1.29, 1.82) is 0 Å². The summed E-state index contributed by atoms with van der Waals surface area (Å²) in [5.41, 5.74) is 2.20. The van der Waals surface area contributed by atoms with Crippen molar-refractivity contribution < 1.29 is 24.2 Å². The zero-order valence-corrected chi connectivity index (χ0v) is 22.3. The number of para-hydroxylation sites is 2. The number of carboxylic acids is 1. The first kappa shape index (κ1) is 26.9. The largest absolute Gasteiger partial charge is 0.494 e. The first-order valence-electron chi connectivity index (χ1n) is 12.8. The van der Waals surface area contributed by atoms with E-state index in [0.29, 0.717) is 24.2 Å². The zero-order chi connectivity index (χ0) is 27.4. The average molecular weight is 515 g/mol. The number of amides is 2. The van der Waals surface area contributed by atoms with Crippen molar-refractivity contribution in [2.24, 2.45) is 5.41 Å². The van der Waals surface area contributed by atoms with Crippen LogP contribution in [0, 0.1) is 5.41 Å². The highest BCUT2D eigenvalue weighted by Gasteiger charge is 2.38. The van der Waals surface area contributed by atoms with Crippen molar-refractivity contribution in [1.82, 2.24) is 0 Å². The van der Waals surface area contributed by atoms with Crippen LogP contribution in [-0.2, 0) is 9.59 Å². The Kier molecular flexibility index (Phi) is 7.86. The van der Waals surface area contributed by atoms with Crippen LogP contribution in [-0.4, -0.2) is 35.5 Å². The number of rotatable bonds is 8. The van der Waals surface area contributed by atoms with E-state index in [1.165, 1.54) is 0 Å². The lowest BCUT2D eigenvalue weighted by Crippen LogP contribution is -2.47. The van der Waals surface area contributed by atoms with E-state index in [1.54, 1.807) is 49.9 Å². The Hall–Kier alpha value is -4.13. The molecule has 38 heavy (non-hydrogen) atoms. The fraction of sp³-hybridized carbons (Fsp3) is 0.323. The van der Waals surface area contributed by atoms with Crippen LogP contribution in [0.25, 0.3) is 0 Å². The molecule has 1 heterocycles. The summed E-state index contributed by atoms with van der Waals surface area (Å²) in [6, 6.07) is 24.0. The van der Waals surface area contributed by atoms with E-state index in [1.807, 2.05) is 66.4 Å². The highest BCUT2D eigenvalue weighted by Crippen LogP contribution is 2.42.